The van der Waals surface area contributed by atoms with Crippen molar-refractivity contribution in [2.24, 2.45) is 0 Å². The molecule has 0 fully saturated rings. The molecule has 0 saturated heterocycles. The molecule has 0 aliphatic heterocycles. The lowest BCUT2D eigenvalue weighted by molar-refractivity contribution is 0.467. The van der Waals surface area contributed by atoms with Gasteiger partial charge in [-0.3, -0.25) is 4.79 Å². The van der Waals surface area contributed by atoms with Gasteiger partial charge in [-0.25, -0.2) is 0 Å². The van der Waals surface area contributed by atoms with Crippen LogP contribution >= 0.6 is 23.2 Å². The van der Waals surface area contributed by atoms with Crippen LogP contribution in [0.25, 0.3) is 21.9 Å². The predicted octanol–water partition coefficient (Wildman–Crippen LogP) is 8.16. The van der Waals surface area contributed by atoms with Crippen LogP contribution in [-0.4, -0.2) is 21.4 Å². The van der Waals surface area contributed by atoms with Crippen LogP contribution in [0.3, 0.4) is 0 Å². The molecule has 2 aromatic carbocycles. The molecule has 3 aromatic rings. The van der Waals surface area contributed by atoms with Gasteiger partial charge >= 0.3 is 0 Å². The second-order valence-corrected chi connectivity index (χ2v) is 21.5. The van der Waals surface area contributed by atoms with Crippen LogP contribution in [0.2, 0.25) is 46.3 Å². The summed E-state index contributed by atoms with van der Waals surface area (Å²) in [6.45, 7) is 18.7. The van der Waals surface area contributed by atoms with E-state index >= 15 is 0 Å². The lowest BCUT2D eigenvalue weighted by Gasteiger charge is -2.36. The number of halogens is 2. The third-order valence-corrected chi connectivity index (χ3v) is 16.0. The molecule has 0 aliphatic carbocycles. The van der Waals surface area contributed by atoms with Crippen molar-refractivity contribution in [3.8, 4) is 5.75 Å². The minimum atomic E-state index is -2.45. The molecular formula is C25H34Cl2O4Si2. The van der Waals surface area contributed by atoms with Gasteiger partial charge in [-0.05, 0) is 66.4 Å². The first kappa shape index (κ1) is 26.3. The summed E-state index contributed by atoms with van der Waals surface area (Å²) >= 11 is 13.5. The summed E-state index contributed by atoms with van der Waals surface area (Å²) in [4.78, 5) is 24.0. The van der Waals surface area contributed by atoms with E-state index in [9.17, 15) is 9.59 Å². The standard InChI is InChI=1S/C25H34Cl2O4Si2/c1-24(2,3)33(8,9)31-18-13-12-17-21(28)16-11-10-15(14-25(4,5)32(6,7)29)19(26)22(16)30-23(17)20(18)27/h10-13,29H,14H2,1-9H3. The molecule has 0 bridgehead atoms. The highest BCUT2D eigenvalue weighted by molar-refractivity contribution is 6.75. The first-order valence-corrected chi connectivity index (χ1v) is 17.8. The lowest BCUT2D eigenvalue weighted by atomic mass is 10.00. The van der Waals surface area contributed by atoms with E-state index in [0.717, 1.165) is 5.56 Å². The molecule has 180 valence electrons. The Morgan fingerprint density at radius 2 is 1.42 bits per heavy atom. The van der Waals surface area contributed by atoms with Crippen molar-refractivity contribution >= 4 is 61.8 Å². The van der Waals surface area contributed by atoms with Crippen LogP contribution in [0, 0.1) is 0 Å². The number of hydrogen-bond donors (Lipinski definition) is 1. The van der Waals surface area contributed by atoms with E-state index in [2.05, 4.69) is 33.9 Å². The highest BCUT2D eigenvalue weighted by Gasteiger charge is 2.40. The summed E-state index contributed by atoms with van der Waals surface area (Å²) in [6, 6.07) is 7.06. The van der Waals surface area contributed by atoms with Crippen LogP contribution < -0.4 is 9.85 Å². The molecule has 1 heterocycles. The van der Waals surface area contributed by atoms with Gasteiger partial charge in [-0.15, -0.1) is 0 Å². The largest absolute Gasteiger partial charge is 0.542 e. The van der Waals surface area contributed by atoms with Gasteiger partial charge in [0.2, 0.25) is 5.43 Å². The molecule has 0 saturated carbocycles. The number of rotatable bonds is 5. The Morgan fingerprint density at radius 1 is 0.909 bits per heavy atom. The Labute approximate surface area is 208 Å². The maximum Gasteiger partial charge on any atom is 0.250 e. The summed E-state index contributed by atoms with van der Waals surface area (Å²) in [5.74, 6) is 0.514. The number of fused-ring (bicyclic) bond motifs is 2. The van der Waals surface area contributed by atoms with Crippen molar-refractivity contribution in [2.75, 3.05) is 0 Å². The Morgan fingerprint density at radius 3 is 1.94 bits per heavy atom. The quantitative estimate of drug-likeness (QED) is 0.270. The fourth-order valence-electron chi connectivity index (χ4n) is 3.27. The topological polar surface area (TPSA) is 59.7 Å². The molecule has 4 nitrogen and oxygen atoms in total. The highest BCUT2D eigenvalue weighted by atomic mass is 35.5. The zero-order chi connectivity index (χ0) is 25.1. The van der Waals surface area contributed by atoms with Crippen LogP contribution in [-0.2, 0) is 6.42 Å². The van der Waals surface area contributed by atoms with E-state index in [1.54, 1.807) is 18.2 Å². The smallest absolute Gasteiger partial charge is 0.250 e. The second-order valence-electron chi connectivity index (χ2n) is 11.6. The van der Waals surface area contributed by atoms with Crippen LogP contribution in [0.4, 0.5) is 0 Å². The molecule has 1 N–H and O–H groups in total. The first-order valence-electron chi connectivity index (χ1n) is 11.2. The van der Waals surface area contributed by atoms with Gasteiger partial charge in [0.1, 0.15) is 10.8 Å². The Hall–Kier alpha value is -1.32. The first-order chi connectivity index (χ1) is 14.9. The van der Waals surface area contributed by atoms with Gasteiger partial charge in [-0.2, -0.15) is 0 Å². The van der Waals surface area contributed by atoms with E-state index in [0.29, 0.717) is 33.5 Å². The molecule has 0 aliphatic rings. The Bertz CT molecular complexity index is 1190. The second kappa shape index (κ2) is 8.41. The lowest BCUT2D eigenvalue weighted by Crippen LogP contribution is -2.43. The van der Waals surface area contributed by atoms with Gasteiger partial charge in [0.05, 0.1) is 15.8 Å². The van der Waals surface area contributed by atoms with Crippen LogP contribution in [0.1, 0.15) is 40.2 Å². The zero-order valence-electron chi connectivity index (χ0n) is 20.9. The van der Waals surface area contributed by atoms with Gasteiger partial charge in [0.15, 0.2) is 19.5 Å². The number of hydrogen-bond acceptors (Lipinski definition) is 4. The van der Waals surface area contributed by atoms with Gasteiger partial charge in [0.25, 0.3) is 8.32 Å². The molecule has 8 heteroatoms. The maximum absolute atomic E-state index is 13.3. The van der Waals surface area contributed by atoms with Gasteiger partial charge in [0, 0.05) is 0 Å². The molecule has 0 atom stereocenters. The maximum atomic E-state index is 13.3. The average molecular weight is 526 g/mol. The van der Waals surface area contributed by atoms with Crippen molar-refractivity contribution in [2.45, 2.75) is 77.3 Å². The van der Waals surface area contributed by atoms with Gasteiger partial charge < -0.3 is 13.6 Å². The summed E-state index contributed by atoms with van der Waals surface area (Å²) in [5.41, 5.74) is 1.24. The normalized spacial score (nSPS) is 13.7. The Balaban J connectivity index is 2.21. The molecule has 1 aromatic heterocycles. The molecular weight excluding hydrogens is 491 g/mol. The number of benzene rings is 2. The van der Waals surface area contributed by atoms with Crippen molar-refractivity contribution in [3.63, 3.8) is 0 Å². The predicted molar refractivity (Wildman–Crippen MR) is 145 cm³/mol. The molecule has 0 radical (unpaired) electrons. The monoisotopic (exact) mass is 524 g/mol. The minimum Gasteiger partial charge on any atom is -0.542 e. The van der Waals surface area contributed by atoms with E-state index in [1.165, 1.54) is 0 Å². The fraction of sp³-hybridized carbons (Fsp3) is 0.480. The highest BCUT2D eigenvalue weighted by Crippen LogP contribution is 2.43. The summed E-state index contributed by atoms with van der Waals surface area (Å²) in [5, 5.41) is 1.13. The van der Waals surface area contributed by atoms with E-state index in [4.69, 9.17) is 32.0 Å². The average Bonchev–Trinajstić information content (AvgIpc) is 2.65. The minimum absolute atomic E-state index is 0.00961. The molecule has 0 unspecified atom stereocenters. The Kier molecular flexibility index (Phi) is 6.70. The van der Waals surface area contributed by atoms with Crippen molar-refractivity contribution in [1.82, 2.24) is 0 Å². The summed E-state index contributed by atoms with van der Waals surface area (Å²) in [6.07, 6.45) is 0.571. The summed E-state index contributed by atoms with van der Waals surface area (Å²) in [7, 11) is -4.60. The molecule has 0 amide bonds. The van der Waals surface area contributed by atoms with Crippen molar-refractivity contribution in [1.29, 1.82) is 0 Å². The van der Waals surface area contributed by atoms with E-state index in [1.807, 2.05) is 33.0 Å². The summed E-state index contributed by atoms with van der Waals surface area (Å²) < 4.78 is 12.6. The van der Waals surface area contributed by atoms with E-state index < -0.39 is 16.6 Å². The molecule has 3 rings (SSSR count). The van der Waals surface area contributed by atoms with Crippen LogP contribution in [0.15, 0.2) is 33.5 Å². The van der Waals surface area contributed by atoms with E-state index in [-0.39, 0.29) is 26.1 Å². The molecule has 0 spiro atoms. The van der Waals surface area contributed by atoms with Gasteiger partial charge in [-0.1, -0.05) is 63.9 Å². The third-order valence-electron chi connectivity index (χ3n) is 7.39. The SMILES string of the molecule is CC(C)(Cc1ccc2c(=O)c3ccc(O[Si](C)(C)C(C)(C)C)c(Cl)c3oc2c1Cl)[Si](C)(C)O. The van der Waals surface area contributed by atoms with Crippen molar-refractivity contribution < 1.29 is 13.6 Å². The van der Waals surface area contributed by atoms with Crippen LogP contribution in [0.5, 0.6) is 5.75 Å². The third kappa shape index (κ3) is 4.78. The fourth-order valence-corrected chi connectivity index (χ4v) is 5.50. The molecule has 33 heavy (non-hydrogen) atoms. The zero-order valence-corrected chi connectivity index (χ0v) is 24.5. The van der Waals surface area contributed by atoms with Crippen molar-refractivity contribution in [3.05, 3.63) is 50.1 Å².